The summed E-state index contributed by atoms with van der Waals surface area (Å²) >= 11 is -2.44. The van der Waals surface area contributed by atoms with Crippen molar-refractivity contribution in [2.75, 3.05) is 12.5 Å². The van der Waals surface area contributed by atoms with Crippen LogP contribution in [0.4, 0.5) is 0 Å². The van der Waals surface area contributed by atoms with E-state index in [0.717, 1.165) is 11.1 Å². The summed E-state index contributed by atoms with van der Waals surface area (Å²) in [6, 6.07) is 18.8. The van der Waals surface area contributed by atoms with Crippen LogP contribution in [0.1, 0.15) is 22.0 Å². The van der Waals surface area contributed by atoms with Crippen molar-refractivity contribution in [3.63, 3.8) is 0 Å². The molecular formula is C16H18O3S2. The Kier molecular flexibility index (Phi) is 6.14. The number of ether oxygens (including phenoxy) is 1. The Morgan fingerprint density at radius 3 is 1.33 bits per heavy atom. The molecule has 0 spiro atoms. The molecule has 4 unspecified atom stereocenters. The van der Waals surface area contributed by atoms with Crippen LogP contribution in [0.2, 0.25) is 0 Å². The lowest BCUT2D eigenvalue weighted by molar-refractivity contribution is 0.0791. The molecule has 0 N–H and O–H groups in total. The van der Waals surface area contributed by atoms with Crippen molar-refractivity contribution < 1.29 is 13.8 Å². The molecule has 0 radical (unpaired) electrons. The van der Waals surface area contributed by atoms with Gasteiger partial charge in [-0.2, -0.15) is 0 Å². The molecule has 3 nitrogen and oxygen atoms in total. The molecule has 0 aliphatic rings. The van der Waals surface area contributed by atoms with Crippen LogP contribution < -0.4 is 0 Å². The molecule has 0 fully saturated rings. The van der Waals surface area contributed by atoms with Crippen LogP contribution in [0.3, 0.4) is 0 Å². The van der Waals surface area contributed by atoms with E-state index in [9.17, 15) is 9.11 Å². The van der Waals surface area contributed by atoms with Gasteiger partial charge in [0.1, 0.15) is 0 Å². The van der Waals surface area contributed by atoms with E-state index in [1.165, 1.54) is 0 Å². The highest BCUT2D eigenvalue weighted by Gasteiger charge is 2.31. The first-order valence-corrected chi connectivity index (χ1v) is 9.73. The fraction of sp³-hybridized carbons (Fsp3) is 0.250. The Morgan fingerprint density at radius 1 is 0.714 bits per heavy atom. The Labute approximate surface area is 131 Å². The molecule has 4 atom stereocenters. The molecule has 0 aliphatic carbocycles. The second-order valence-corrected chi connectivity index (χ2v) is 7.47. The maximum absolute atomic E-state index is 12.0. The molecule has 0 amide bonds. The third kappa shape index (κ3) is 4.49. The monoisotopic (exact) mass is 322 g/mol. The average Bonchev–Trinajstić information content (AvgIpc) is 2.49. The van der Waals surface area contributed by atoms with Crippen molar-refractivity contribution in [1.29, 1.82) is 0 Å². The Morgan fingerprint density at radius 2 is 1.05 bits per heavy atom. The van der Waals surface area contributed by atoms with Gasteiger partial charge in [-0.25, -0.2) is 0 Å². The standard InChI is InChI=1S/C16H18O3S2/c1-20(17)15(13-9-5-3-6-10-13)19-16(21(2)18)14-11-7-4-8-12-14/h3-12,15-16H,1-2H3. The van der Waals surface area contributed by atoms with Crippen LogP contribution in [0, 0.1) is 0 Å². The van der Waals surface area contributed by atoms with Gasteiger partial charge in [-0.15, -0.1) is 0 Å². The van der Waals surface area contributed by atoms with E-state index < -0.39 is 33.2 Å². The fourth-order valence-corrected chi connectivity index (χ4v) is 3.72. The van der Waals surface area contributed by atoms with Crippen LogP contribution in [0.25, 0.3) is 0 Å². The minimum atomic E-state index is -1.22. The third-order valence-corrected chi connectivity index (χ3v) is 4.97. The molecule has 0 heterocycles. The van der Waals surface area contributed by atoms with Gasteiger partial charge in [-0.05, 0) is 22.4 Å². The molecule has 21 heavy (non-hydrogen) atoms. The van der Waals surface area contributed by atoms with Crippen molar-refractivity contribution in [2.45, 2.75) is 10.9 Å². The molecule has 0 saturated carbocycles. The zero-order valence-corrected chi connectivity index (χ0v) is 13.6. The van der Waals surface area contributed by atoms with E-state index in [1.807, 2.05) is 60.7 Å². The van der Waals surface area contributed by atoms with Crippen LogP contribution in [-0.4, -0.2) is 21.6 Å². The first-order chi connectivity index (χ1) is 10.1. The second-order valence-electron chi connectivity index (χ2n) is 4.62. The van der Waals surface area contributed by atoms with Crippen LogP contribution in [0.5, 0.6) is 0 Å². The van der Waals surface area contributed by atoms with Crippen molar-refractivity contribution in [2.24, 2.45) is 0 Å². The summed E-state index contributed by atoms with van der Waals surface area (Å²) in [4.78, 5) is 0. The largest absolute Gasteiger partial charge is 0.614 e. The molecular weight excluding hydrogens is 304 g/mol. The van der Waals surface area contributed by atoms with Crippen LogP contribution in [0.15, 0.2) is 60.7 Å². The summed E-state index contributed by atoms with van der Waals surface area (Å²) in [6.45, 7) is 0. The Bertz CT molecular complexity index is 482. The summed E-state index contributed by atoms with van der Waals surface area (Å²) in [5.41, 5.74) is 0.454. The van der Waals surface area contributed by atoms with E-state index >= 15 is 0 Å². The highest BCUT2D eigenvalue weighted by molar-refractivity contribution is 7.91. The summed E-state index contributed by atoms with van der Waals surface area (Å²) in [5.74, 6) is 0. The Hall–Kier alpha value is -0.980. The predicted octanol–water partition coefficient (Wildman–Crippen LogP) is 3.16. The van der Waals surface area contributed by atoms with Gasteiger partial charge in [-0.3, -0.25) is 4.74 Å². The van der Waals surface area contributed by atoms with Gasteiger partial charge in [0, 0.05) is 11.1 Å². The van der Waals surface area contributed by atoms with Gasteiger partial charge >= 0.3 is 0 Å². The molecule has 0 bridgehead atoms. The SMILES string of the molecule is C[S+]([O-])C(OC(c1ccccc1)[S+](C)[O-])c1ccccc1. The van der Waals surface area contributed by atoms with Gasteiger partial charge < -0.3 is 9.11 Å². The van der Waals surface area contributed by atoms with Crippen molar-refractivity contribution in [3.8, 4) is 0 Å². The number of benzene rings is 2. The molecule has 2 aromatic carbocycles. The minimum absolute atomic E-state index is 0.597. The molecule has 112 valence electrons. The van der Waals surface area contributed by atoms with E-state index in [0.29, 0.717) is 0 Å². The molecule has 2 aromatic rings. The van der Waals surface area contributed by atoms with E-state index in [4.69, 9.17) is 4.74 Å². The van der Waals surface area contributed by atoms with Crippen molar-refractivity contribution in [3.05, 3.63) is 71.8 Å². The van der Waals surface area contributed by atoms with Gasteiger partial charge in [0.05, 0.1) is 12.5 Å². The molecule has 5 heteroatoms. The van der Waals surface area contributed by atoms with Crippen LogP contribution in [-0.2, 0) is 27.1 Å². The summed E-state index contributed by atoms with van der Waals surface area (Å²) in [7, 11) is 0. The Balaban J connectivity index is 2.25. The summed E-state index contributed by atoms with van der Waals surface area (Å²) in [5, 5.41) is 0. The zero-order valence-electron chi connectivity index (χ0n) is 12.0. The van der Waals surface area contributed by atoms with Gasteiger partial charge in [0.15, 0.2) is 0 Å². The number of hydrogen-bond acceptors (Lipinski definition) is 3. The zero-order chi connectivity index (χ0) is 15.2. The smallest absolute Gasteiger partial charge is 0.246 e. The minimum Gasteiger partial charge on any atom is -0.614 e. The highest BCUT2D eigenvalue weighted by Crippen LogP contribution is 2.33. The predicted molar refractivity (Wildman–Crippen MR) is 87.6 cm³/mol. The van der Waals surface area contributed by atoms with E-state index in [1.54, 1.807) is 12.5 Å². The van der Waals surface area contributed by atoms with Gasteiger partial charge in [-0.1, -0.05) is 60.7 Å². The maximum Gasteiger partial charge on any atom is 0.246 e. The summed E-state index contributed by atoms with van der Waals surface area (Å²) < 4.78 is 30.0. The lowest BCUT2D eigenvalue weighted by Crippen LogP contribution is -2.23. The normalized spacial score (nSPS) is 17.0. The molecule has 0 saturated heterocycles. The van der Waals surface area contributed by atoms with Crippen molar-refractivity contribution >= 4 is 22.4 Å². The first-order valence-electron chi connectivity index (χ1n) is 6.49. The van der Waals surface area contributed by atoms with Gasteiger partial charge in [0.2, 0.25) is 10.9 Å². The molecule has 0 aliphatic heterocycles. The molecule has 2 rings (SSSR count). The molecule has 0 aromatic heterocycles. The summed E-state index contributed by atoms with van der Waals surface area (Å²) in [6.07, 6.45) is 3.19. The lowest BCUT2D eigenvalue weighted by atomic mass is 10.2. The van der Waals surface area contributed by atoms with Crippen LogP contribution >= 0.6 is 0 Å². The fourth-order valence-electron chi connectivity index (χ4n) is 2.03. The van der Waals surface area contributed by atoms with Crippen molar-refractivity contribution in [1.82, 2.24) is 0 Å². The highest BCUT2D eigenvalue weighted by atomic mass is 32.2. The topological polar surface area (TPSA) is 55.3 Å². The first kappa shape index (κ1) is 16.4. The average molecular weight is 322 g/mol. The second kappa shape index (κ2) is 7.87. The van der Waals surface area contributed by atoms with Gasteiger partial charge in [0.25, 0.3) is 0 Å². The number of hydrogen-bond donors (Lipinski definition) is 0. The lowest BCUT2D eigenvalue weighted by Gasteiger charge is -2.25. The third-order valence-electron chi connectivity index (χ3n) is 2.99. The van der Waals surface area contributed by atoms with E-state index in [2.05, 4.69) is 0 Å². The number of rotatable bonds is 6. The quantitative estimate of drug-likeness (QED) is 0.768. The maximum atomic E-state index is 12.0. The van der Waals surface area contributed by atoms with E-state index in [-0.39, 0.29) is 0 Å².